The molecule has 0 radical (unpaired) electrons. The number of aromatic hydroxyl groups is 1. The first-order chi connectivity index (χ1) is 9.20. The second-order valence-corrected chi connectivity index (χ2v) is 4.57. The second kappa shape index (κ2) is 4.61. The molecule has 0 fully saturated rings. The van der Waals surface area contributed by atoms with Crippen LogP contribution in [-0.4, -0.2) is 15.1 Å². The number of nitrogens with one attached hydrogen (secondary N) is 1. The Morgan fingerprint density at radius 2 is 1.84 bits per heavy atom. The van der Waals surface area contributed by atoms with E-state index in [1.807, 2.05) is 30.4 Å². The summed E-state index contributed by atoms with van der Waals surface area (Å²) in [7, 11) is 0. The van der Waals surface area contributed by atoms with E-state index in [1.54, 1.807) is 12.1 Å². The predicted molar refractivity (Wildman–Crippen MR) is 77.9 cm³/mol. The summed E-state index contributed by atoms with van der Waals surface area (Å²) in [5.74, 6) is 1.10. The summed E-state index contributed by atoms with van der Waals surface area (Å²) in [6.07, 6.45) is 3.89. The van der Waals surface area contributed by atoms with Crippen LogP contribution in [0.25, 0.3) is 23.2 Å². The van der Waals surface area contributed by atoms with E-state index in [-0.39, 0.29) is 5.75 Å². The standard InChI is InChI=1S/C16H14N2O/c1-11-2-8-14-15(10-11)18-16(17-14)9-5-12-3-6-13(19)7-4-12/h2-10,19H,1H3,(H,17,18). The number of hydrogen-bond acceptors (Lipinski definition) is 2. The zero-order valence-corrected chi connectivity index (χ0v) is 10.6. The highest BCUT2D eigenvalue weighted by atomic mass is 16.3. The number of nitrogens with zero attached hydrogens (tertiary/aromatic N) is 1. The number of benzene rings is 2. The van der Waals surface area contributed by atoms with E-state index in [0.717, 1.165) is 22.4 Å². The SMILES string of the molecule is Cc1ccc2nc(C=Cc3ccc(O)cc3)[nH]c2c1. The molecular weight excluding hydrogens is 236 g/mol. The van der Waals surface area contributed by atoms with Gasteiger partial charge in [-0.1, -0.05) is 24.3 Å². The fraction of sp³-hybridized carbons (Fsp3) is 0.0625. The maximum Gasteiger partial charge on any atom is 0.131 e. The van der Waals surface area contributed by atoms with Gasteiger partial charge in [0.05, 0.1) is 11.0 Å². The normalized spacial score (nSPS) is 11.4. The predicted octanol–water partition coefficient (Wildman–Crippen LogP) is 3.75. The molecule has 0 saturated heterocycles. The Kier molecular flexibility index (Phi) is 2.80. The summed E-state index contributed by atoms with van der Waals surface area (Å²) in [4.78, 5) is 7.77. The molecule has 0 aliphatic heterocycles. The Bertz CT molecular complexity index is 739. The van der Waals surface area contributed by atoms with Crippen molar-refractivity contribution in [3.05, 3.63) is 59.4 Å². The molecule has 0 saturated carbocycles. The summed E-state index contributed by atoms with van der Waals surface area (Å²) in [6, 6.07) is 13.2. The van der Waals surface area contributed by atoms with E-state index >= 15 is 0 Å². The number of phenols is 1. The van der Waals surface area contributed by atoms with Crippen LogP contribution in [0.1, 0.15) is 17.0 Å². The lowest BCUT2D eigenvalue weighted by Crippen LogP contribution is -1.74. The smallest absolute Gasteiger partial charge is 0.131 e. The van der Waals surface area contributed by atoms with E-state index in [0.29, 0.717) is 0 Å². The number of phenolic OH excluding ortho intramolecular Hbond substituents is 1. The van der Waals surface area contributed by atoms with Crippen LogP contribution in [0.2, 0.25) is 0 Å². The summed E-state index contributed by atoms with van der Waals surface area (Å²) in [6.45, 7) is 2.06. The molecule has 1 heterocycles. The molecule has 0 aliphatic rings. The molecule has 0 unspecified atom stereocenters. The van der Waals surface area contributed by atoms with Crippen molar-refractivity contribution >= 4 is 23.2 Å². The molecule has 1 aromatic heterocycles. The van der Waals surface area contributed by atoms with Crippen molar-refractivity contribution in [2.75, 3.05) is 0 Å². The highest BCUT2D eigenvalue weighted by Crippen LogP contribution is 2.16. The van der Waals surface area contributed by atoms with Crippen LogP contribution in [-0.2, 0) is 0 Å². The van der Waals surface area contributed by atoms with Gasteiger partial charge in [-0.3, -0.25) is 0 Å². The Morgan fingerprint density at radius 3 is 2.63 bits per heavy atom. The molecule has 3 nitrogen and oxygen atoms in total. The molecule has 0 bridgehead atoms. The van der Waals surface area contributed by atoms with Gasteiger partial charge in [0.2, 0.25) is 0 Å². The molecule has 0 amide bonds. The van der Waals surface area contributed by atoms with E-state index in [2.05, 4.69) is 29.0 Å². The lowest BCUT2D eigenvalue weighted by atomic mass is 10.2. The fourth-order valence-corrected chi connectivity index (χ4v) is 1.98. The van der Waals surface area contributed by atoms with Crippen LogP contribution >= 0.6 is 0 Å². The Hall–Kier alpha value is -2.55. The van der Waals surface area contributed by atoms with Gasteiger partial charge in [-0.15, -0.1) is 0 Å². The van der Waals surface area contributed by atoms with Crippen molar-refractivity contribution in [3.63, 3.8) is 0 Å². The lowest BCUT2D eigenvalue weighted by molar-refractivity contribution is 0.475. The Balaban J connectivity index is 1.90. The van der Waals surface area contributed by atoms with E-state index < -0.39 is 0 Å². The first-order valence-electron chi connectivity index (χ1n) is 6.14. The van der Waals surface area contributed by atoms with Gasteiger partial charge < -0.3 is 10.1 Å². The van der Waals surface area contributed by atoms with Crippen molar-refractivity contribution in [2.45, 2.75) is 6.92 Å². The van der Waals surface area contributed by atoms with Crippen molar-refractivity contribution in [1.82, 2.24) is 9.97 Å². The van der Waals surface area contributed by atoms with Crippen LogP contribution < -0.4 is 0 Å². The Morgan fingerprint density at radius 1 is 1.05 bits per heavy atom. The number of aromatic amines is 1. The van der Waals surface area contributed by atoms with Crippen molar-refractivity contribution in [1.29, 1.82) is 0 Å². The maximum absolute atomic E-state index is 9.22. The first kappa shape index (κ1) is 11.5. The van der Waals surface area contributed by atoms with Crippen molar-refractivity contribution < 1.29 is 5.11 Å². The van der Waals surface area contributed by atoms with Gasteiger partial charge in [-0.05, 0) is 48.4 Å². The van der Waals surface area contributed by atoms with Crippen LogP contribution in [0.15, 0.2) is 42.5 Å². The highest BCUT2D eigenvalue weighted by Gasteiger charge is 1.99. The third-order valence-electron chi connectivity index (χ3n) is 2.98. The zero-order chi connectivity index (χ0) is 13.2. The minimum absolute atomic E-state index is 0.274. The molecule has 0 aliphatic carbocycles. The molecule has 0 atom stereocenters. The number of H-pyrrole nitrogens is 1. The second-order valence-electron chi connectivity index (χ2n) is 4.57. The van der Waals surface area contributed by atoms with Crippen LogP contribution in [0, 0.1) is 6.92 Å². The summed E-state index contributed by atoms with van der Waals surface area (Å²) < 4.78 is 0. The third kappa shape index (κ3) is 2.50. The Labute approximate surface area is 111 Å². The van der Waals surface area contributed by atoms with Gasteiger partial charge in [-0.2, -0.15) is 0 Å². The van der Waals surface area contributed by atoms with Gasteiger partial charge >= 0.3 is 0 Å². The van der Waals surface area contributed by atoms with E-state index in [4.69, 9.17) is 0 Å². The molecule has 3 heteroatoms. The summed E-state index contributed by atoms with van der Waals surface area (Å²) in [5, 5.41) is 9.22. The average molecular weight is 250 g/mol. The van der Waals surface area contributed by atoms with Crippen LogP contribution in [0.3, 0.4) is 0 Å². The maximum atomic E-state index is 9.22. The number of fused-ring (bicyclic) bond motifs is 1. The van der Waals surface area contributed by atoms with Gasteiger partial charge in [0.25, 0.3) is 0 Å². The fourth-order valence-electron chi connectivity index (χ4n) is 1.98. The van der Waals surface area contributed by atoms with Crippen LogP contribution in [0.4, 0.5) is 0 Å². The molecule has 3 rings (SSSR count). The van der Waals surface area contributed by atoms with Crippen molar-refractivity contribution in [2.24, 2.45) is 0 Å². The topological polar surface area (TPSA) is 48.9 Å². The van der Waals surface area contributed by atoms with Gasteiger partial charge in [-0.25, -0.2) is 4.98 Å². The quantitative estimate of drug-likeness (QED) is 0.727. The molecule has 19 heavy (non-hydrogen) atoms. The molecule has 0 spiro atoms. The number of imidazole rings is 1. The minimum atomic E-state index is 0.274. The summed E-state index contributed by atoms with van der Waals surface area (Å²) >= 11 is 0. The number of rotatable bonds is 2. The third-order valence-corrected chi connectivity index (χ3v) is 2.98. The average Bonchev–Trinajstić information content (AvgIpc) is 2.80. The first-order valence-corrected chi connectivity index (χ1v) is 6.14. The number of hydrogen-bond donors (Lipinski definition) is 2. The molecule has 94 valence electrons. The van der Waals surface area contributed by atoms with E-state index in [1.165, 1.54) is 5.56 Å². The van der Waals surface area contributed by atoms with Gasteiger partial charge in [0.1, 0.15) is 11.6 Å². The monoisotopic (exact) mass is 250 g/mol. The molecular formula is C16H14N2O. The highest BCUT2D eigenvalue weighted by molar-refractivity contribution is 5.79. The van der Waals surface area contributed by atoms with Crippen LogP contribution in [0.5, 0.6) is 5.75 Å². The van der Waals surface area contributed by atoms with E-state index in [9.17, 15) is 5.11 Å². The largest absolute Gasteiger partial charge is 0.508 e. The van der Waals surface area contributed by atoms with Gasteiger partial charge in [0.15, 0.2) is 0 Å². The molecule has 2 N–H and O–H groups in total. The van der Waals surface area contributed by atoms with Gasteiger partial charge in [0, 0.05) is 0 Å². The molecule has 2 aromatic carbocycles. The number of aryl methyl sites for hydroxylation is 1. The molecule has 3 aromatic rings. The number of aromatic nitrogens is 2. The van der Waals surface area contributed by atoms with Crippen molar-refractivity contribution in [3.8, 4) is 5.75 Å². The summed E-state index contributed by atoms with van der Waals surface area (Å²) in [5.41, 5.74) is 4.25. The zero-order valence-electron chi connectivity index (χ0n) is 10.6. The lowest BCUT2D eigenvalue weighted by Gasteiger charge is -1.93. The minimum Gasteiger partial charge on any atom is -0.508 e.